The summed E-state index contributed by atoms with van der Waals surface area (Å²) in [6.45, 7) is 2.44. The number of aromatic nitrogens is 2. The molecule has 24 heavy (non-hydrogen) atoms. The summed E-state index contributed by atoms with van der Waals surface area (Å²) < 4.78 is 10.8. The normalized spacial score (nSPS) is 18.5. The molecule has 9 heteroatoms. The third-order valence-electron chi connectivity index (χ3n) is 3.72. The number of rotatable bonds is 4. The molecule has 2 heterocycles. The van der Waals surface area contributed by atoms with E-state index in [1.807, 2.05) is 12.1 Å². The number of benzene rings is 1. The van der Waals surface area contributed by atoms with Crippen LogP contribution >= 0.6 is 23.2 Å². The third-order valence-corrected chi connectivity index (χ3v) is 4.46. The molecular formula is C15H16Cl2N4O3. The predicted octanol–water partition coefficient (Wildman–Crippen LogP) is 2.31. The maximum atomic E-state index is 11.5. The van der Waals surface area contributed by atoms with Gasteiger partial charge in [-0.25, -0.2) is 0 Å². The second kappa shape index (κ2) is 7.48. The van der Waals surface area contributed by atoms with Crippen LogP contribution in [0.1, 0.15) is 28.2 Å². The molecule has 1 aromatic heterocycles. The maximum Gasteiger partial charge on any atom is 0.315 e. The van der Waals surface area contributed by atoms with E-state index < -0.39 is 5.91 Å². The van der Waals surface area contributed by atoms with Gasteiger partial charge in [0.15, 0.2) is 5.82 Å². The first-order valence-corrected chi connectivity index (χ1v) is 8.16. The van der Waals surface area contributed by atoms with Crippen molar-refractivity contribution in [2.24, 2.45) is 0 Å². The summed E-state index contributed by atoms with van der Waals surface area (Å²) in [6, 6.07) is 5.48. The van der Waals surface area contributed by atoms with E-state index in [1.165, 1.54) is 7.05 Å². The molecule has 1 saturated heterocycles. The molecular weight excluding hydrogens is 355 g/mol. The smallest absolute Gasteiger partial charge is 0.315 e. The van der Waals surface area contributed by atoms with Crippen molar-refractivity contribution < 1.29 is 14.1 Å². The van der Waals surface area contributed by atoms with Crippen LogP contribution in [0.4, 0.5) is 0 Å². The van der Waals surface area contributed by atoms with Gasteiger partial charge in [0.25, 0.3) is 0 Å². The fourth-order valence-corrected chi connectivity index (χ4v) is 2.78. The van der Waals surface area contributed by atoms with E-state index in [0.717, 1.165) is 12.1 Å². The molecule has 1 atom stereocenters. The Balaban J connectivity index is 1.66. The Hall–Kier alpha value is -1.67. The first kappa shape index (κ1) is 17.2. The van der Waals surface area contributed by atoms with Crippen molar-refractivity contribution in [3.8, 4) is 0 Å². The number of carbonyl (C=O) groups excluding carboxylic acids is 1. The number of nitrogens with zero attached hydrogens (tertiary/aromatic N) is 3. The van der Waals surface area contributed by atoms with Crippen molar-refractivity contribution in [1.29, 1.82) is 0 Å². The fourth-order valence-electron chi connectivity index (χ4n) is 2.48. The minimum atomic E-state index is -0.399. The quantitative estimate of drug-likeness (QED) is 0.889. The van der Waals surface area contributed by atoms with Crippen LogP contribution in [0.25, 0.3) is 0 Å². The van der Waals surface area contributed by atoms with E-state index in [4.69, 9.17) is 32.5 Å². The number of amides is 1. The number of hydrogen-bond donors (Lipinski definition) is 1. The second-order valence-electron chi connectivity index (χ2n) is 5.36. The summed E-state index contributed by atoms with van der Waals surface area (Å²) in [5.41, 5.74) is 0.966. The lowest BCUT2D eigenvalue weighted by molar-refractivity contribution is -0.0338. The molecule has 0 spiro atoms. The number of hydrogen-bond acceptors (Lipinski definition) is 6. The summed E-state index contributed by atoms with van der Waals surface area (Å²) in [6.07, 6.45) is -0.112. The highest BCUT2D eigenvalue weighted by Gasteiger charge is 2.24. The minimum Gasteiger partial charge on any atom is -0.371 e. The van der Waals surface area contributed by atoms with Crippen molar-refractivity contribution in [3.05, 3.63) is 45.5 Å². The standard InChI is InChI=1S/C15H16Cl2N4O3/c1-18-14(22)15-19-13(20-24-15)8-21-4-5-23-12(7-21)9-2-3-10(16)11(17)6-9/h2-3,6,12H,4-5,7-8H2,1H3,(H,18,22)/t12-/m1/s1. The second-order valence-corrected chi connectivity index (χ2v) is 6.18. The number of carbonyl (C=O) groups is 1. The van der Waals surface area contributed by atoms with E-state index in [1.54, 1.807) is 6.07 Å². The van der Waals surface area contributed by atoms with Gasteiger partial charge >= 0.3 is 11.8 Å². The number of morpholine rings is 1. The molecule has 1 aliphatic rings. The molecule has 0 saturated carbocycles. The SMILES string of the molecule is CNC(=O)c1nc(CN2CCO[C@@H](c3ccc(Cl)c(Cl)c3)C2)no1. The van der Waals surface area contributed by atoms with Crippen LogP contribution in [-0.2, 0) is 11.3 Å². The first-order valence-electron chi connectivity index (χ1n) is 7.40. The summed E-state index contributed by atoms with van der Waals surface area (Å²) in [5, 5.41) is 7.30. The average molecular weight is 371 g/mol. The Morgan fingerprint density at radius 1 is 1.42 bits per heavy atom. The number of ether oxygens (including phenoxy) is 1. The Morgan fingerprint density at radius 3 is 3.00 bits per heavy atom. The lowest BCUT2D eigenvalue weighted by Crippen LogP contribution is -2.38. The lowest BCUT2D eigenvalue weighted by Gasteiger charge is -2.32. The summed E-state index contributed by atoms with van der Waals surface area (Å²) in [7, 11) is 1.51. The van der Waals surface area contributed by atoms with Gasteiger partial charge in [-0.3, -0.25) is 9.69 Å². The van der Waals surface area contributed by atoms with E-state index >= 15 is 0 Å². The fraction of sp³-hybridized carbons (Fsp3) is 0.400. The molecule has 0 aliphatic carbocycles. The van der Waals surface area contributed by atoms with E-state index in [0.29, 0.717) is 35.6 Å². The Morgan fingerprint density at radius 2 is 2.25 bits per heavy atom. The maximum absolute atomic E-state index is 11.5. The van der Waals surface area contributed by atoms with Gasteiger partial charge in [0.2, 0.25) is 0 Å². The van der Waals surface area contributed by atoms with E-state index in [2.05, 4.69) is 20.4 Å². The molecule has 1 aliphatic heterocycles. The summed E-state index contributed by atoms with van der Waals surface area (Å²) in [5.74, 6) is 0.0228. The Kier molecular flexibility index (Phi) is 5.35. The molecule has 3 rings (SSSR count). The van der Waals surface area contributed by atoms with Crippen molar-refractivity contribution in [2.45, 2.75) is 12.6 Å². The van der Waals surface area contributed by atoms with Crippen molar-refractivity contribution in [3.63, 3.8) is 0 Å². The van der Waals surface area contributed by atoms with Crippen LogP contribution in [-0.4, -0.2) is 47.7 Å². The highest BCUT2D eigenvalue weighted by molar-refractivity contribution is 6.42. The summed E-state index contributed by atoms with van der Waals surface area (Å²) in [4.78, 5) is 17.7. The molecule has 2 aromatic rings. The van der Waals surface area contributed by atoms with Crippen LogP contribution in [0.3, 0.4) is 0 Å². The van der Waals surface area contributed by atoms with Gasteiger partial charge in [-0.2, -0.15) is 4.98 Å². The van der Waals surface area contributed by atoms with Crippen molar-refractivity contribution >= 4 is 29.1 Å². The highest BCUT2D eigenvalue weighted by Crippen LogP contribution is 2.29. The average Bonchev–Trinajstić information content (AvgIpc) is 3.05. The van der Waals surface area contributed by atoms with Gasteiger partial charge < -0.3 is 14.6 Å². The predicted molar refractivity (Wildman–Crippen MR) is 88.1 cm³/mol. The number of nitrogens with one attached hydrogen (secondary N) is 1. The van der Waals surface area contributed by atoms with Crippen LogP contribution in [0.2, 0.25) is 10.0 Å². The zero-order chi connectivity index (χ0) is 17.1. The molecule has 1 N–H and O–H groups in total. The first-order chi connectivity index (χ1) is 11.6. The monoisotopic (exact) mass is 370 g/mol. The van der Waals surface area contributed by atoms with E-state index in [9.17, 15) is 4.79 Å². The van der Waals surface area contributed by atoms with Crippen LogP contribution < -0.4 is 5.32 Å². The topological polar surface area (TPSA) is 80.5 Å². The lowest BCUT2D eigenvalue weighted by atomic mass is 10.1. The molecule has 128 valence electrons. The third kappa shape index (κ3) is 3.87. The van der Waals surface area contributed by atoms with E-state index in [-0.39, 0.29) is 12.0 Å². The molecule has 1 aromatic carbocycles. The van der Waals surface area contributed by atoms with Gasteiger partial charge in [-0.05, 0) is 17.7 Å². The molecule has 0 radical (unpaired) electrons. The zero-order valence-corrected chi connectivity index (χ0v) is 14.5. The minimum absolute atomic E-state index is 0.0400. The number of halogens is 2. The molecule has 0 bridgehead atoms. The van der Waals surface area contributed by atoms with Crippen molar-refractivity contribution in [1.82, 2.24) is 20.4 Å². The highest BCUT2D eigenvalue weighted by atomic mass is 35.5. The summed E-state index contributed by atoms with van der Waals surface area (Å²) >= 11 is 12.0. The Bertz CT molecular complexity index is 737. The van der Waals surface area contributed by atoms with Crippen LogP contribution in [0, 0.1) is 0 Å². The van der Waals surface area contributed by atoms with Crippen molar-refractivity contribution in [2.75, 3.05) is 26.7 Å². The van der Waals surface area contributed by atoms with Gasteiger partial charge in [-0.1, -0.05) is 34.4 Å². The van der Waals surface area contributed by atoms with Gasteiger partial charge in [0.1, 0.15) is 0 Å². The van der Waals surface area contributed by atoms with Gasteiger partial charge in [-0.15, -0.1) is 0 Å². The van der Waals surface area contributed by atoms with Crippen LogP contribution in [0.15, 0.2) is 22.7 Å². The van der Waals surface area contributed by atoms with Crippen LogP contribution in [0.5, 0.6) is 0 Å². The molecule has 0 unspecified atom stereocenters. The molecule has 1 fully saturated rings. The zero-order valence-electron chi connectivity index (χ0n) is 13.0. The molecule has 7 nitrogen and oxygen atoms in total. The van der Waals surface area contributed by atoms with Gasteiger partial charge in [0, 0.05) is 20.1 Å². The molecule has 1 amide bonds. The van der Waals surface area contributed by atoms with Gasteiger partial charge in [0.05, 0.1) is 29.3 Å². The Labute approximate surface area is 148 Å². The largest absolute Gasteiger partial charge is 0.371 e.